The Kier molecular flexibility index (Phi) is 3.48. The lowest BCUT2D eigenvalue weighted by atomic mass is 10.1. The summed E-state index contributed by atoms with van der Waals surface area (Å²) in [6.07, 6.45) is -0.471. The number of hydrogen-bond acceptors (Lipinski definition) is 4. The van der Waals surface area contributed by atoms with Gasteiger partial charge in [-0.3, -0.25) is 0 Å². The highest BCUT2D eigenvalue weighted by Gasteiger charge is 2.19. The number of hydrogen-bond donors (Lipinski definition) is 3. The molecule has 0 spiro atoms. The zero-order valence-corrected chi connectivity index (χ0v) is 7.60. The van der Waals surface area contributed by atoms with Gasteiger partial charge in [0.2, 0.25) is 0 Å². The number of nitrogens with two attached hydrogens (primary N) is 1. The molecule has 1 heterocycles. The molecule has 0 radical (unpaired) electrons. The Balaban J connectivity index is 2.61. The number of aliphatic hydroxyl groups excluding tert-OH is 2. The van der Waals surface area contributed by atoms with Gasteiger partial charge in [-0.05, 0) is 25.5 Å². The van der Waals surface area contributed by atoms with E-state index in [9.17, 15) is 5.11 Å². The first kappa shape index (κ1) is 10.2. The Morgan fingerprint density at radius 1 is 1.54 bits per heavy atom. The Hall–Kier alpha value is -0.840. The Labute approximate surface area is 77.0 Å². The summed E-state index contributed by atoms with van der Waals surface area (Å²) in [7, 11) is 0. The normalized spacial score (nSPS) is 15.7. The van der Waals surface area contributed by atoms with E-state index in [0.29, 0.717) is 12.2 Å². The van der Waals surface area contributed by atoms with Crippen molar-refractivity contribution in [3.63, 3.8) is 0 Å². The average Bonchev–Trinajstić information content (AvgIpc) is 2.51. The van der Waals surface area contributed by atoms with E-state index in [1.165, 1.54) is 0 Å². The molecular weight excluding hydrogens is 170 g/mol. The summed E-state index contributed by atoms with van der Waals surface area (Å²) in [4.78, 5) is 0. The molecule has 4 N–H and O–H groups in total. The minimum absolute atomic E-state index is 0.0298. The van der Waals surface area contributed by atoms with Gasteiger partial charge in [-0.1, -0.05) is 0 Å². The molecule has 0 saturated carbocycles. The first-order valence-corrected chi connectivity index (χ1v) is 4.26. The van der Waals surface area contributed by atoms with Gasteiger partial charge in [0.05, 0.1) is 0 Å². The predicted octanol–water partition coefficient (Wildman–Crippen LogP) is 0.331. The first-order chi connectivity index (χ1) is 6.15. The van der Waals surface area contributed by atoms with Gasteiger partial charge in [0.15, 0.2) is 0 Å². The lowest BCUT2D eigenvalue weighted by Gasteiger charge is -2.15. The van der Waals surface area contributed by atoms with E-state index >= 15 is 0 Å². The molecular formula is C9H15NO3. The average molecular weight is 185 g/mol. The van der Waals surface area contributed by atoms with Crippen molar-refractivity contribution in [1.29, 1.82) is 0 Å². The highest BCUT2D eigenvalue weighted by molar-refractivity contribution is 5.09. The molecule has 0 aliphatic carbocycles. The number of rotatable bonds is 4. The van der Waals surface area contributed by atoms with E-state index in [2.05, 4.69) is 0 Å². The van der Waals surface area contributed by atoms with Crippen molar-refractivity contribution < 1.29 is 14.6 Å². The van der Waals surface area contributed by atoms with E-state index in [0.717, 1.165) is 5.76 Å². The van der Waals surface area contributed by atoms with E-state index in [1.54, 1.807) is 19.1 Å². The summed E-state index contributed by atoms with van der Waals surface area (Å²) in [5.41, 5.74) is 5.60. The zero-order chi connectivity index (χ0) is 9.84. The minimum Gasteiger partial charge on any atom is -0.464 e. The molecule has 4 heteroatoms. The van der Waals surface area contributed by atoms with Crippen LogP contribution in [-0.4, -0.2) is 22.9 Å². The van der Waals surface area contributed by atoms with Gasteiger partial charge in [-0.15, -0.1) is 0 Å². The van der Waals surface area contributed by atoms with Gasteiger partial charge in [0.25, 0.3) is 0 Å². The largest absolute Gasteiger partial charge is 0.464 e. The monoisotopic (exact) mass is 185 g/mol. The van der Waals surface area contributed by atoms with Crippen LogP contribution in [0.15, 0.2) is 16.5 Å². The summed E-state index contributed by atoms with van der Waals surface area (Å²) < 4.78 is 5.20. The molecule has 2 atom stereocenters. The topological polar surface area (TPSA) is 79.6 Å². The van der Waals surface area contributed by atoms with E-state index < -0.39 is 12.1 Å². The first-order valence-electron chi connectivity index (χ1n) is 4.26. The van der Waals surface area contributed by atoms with Crippen molar-refractivity contribution in [1.82, 2.24) is 0 Å². The van der Waals surface area contributed by atoms with Crippen LogP contribution >= 0.6 is 0 Å². The van der Waals surface area contributed by atoms with Gasteiger partial charge in [-0.2, -0.15) is 0 Å². The van der Waals surface area contributed by atoms with Crippen molar-refractivity contribution in [3.8, 4) is 0 Å². The van der Waals surface area contributed by atoms with E-state index in [1.807, 2.05) is 0 Å². The van der Waals surface area contributed by atoms with Crippen LogP contribution in [0.25, 0.3) is 0 Å². The third kappa shape index (κ3) is 2.55. The highest BCUT2D eigenvalue weighted by atomic mass is 16.4. The quantitative estimate of drug-likeness (QED) is 0.631. The third-order valence-electron chi connectivity index (χ3n) is 1.92. The standard InChI is InChI=1S/C9H15NO3/c1-6-2-3-8(13-6)9(12)7(10)4-5-11/h2-3,7,9,11-12H,4-5,10H2,1H3. The Morgan fingerprint density at radius 2 is 2.23 bits per heavy atom. The molecule has 1 rings (SSSR count). The molecule has 0 aromatic carbocycles. The van der Waals surface area contributed by atoms with Crippen LogP contribution in [0.3, 0.4) is 0 Å². The van der Waals surface area contributed by atoms with Gasteiger partial charge in [-0.25, -0.2) is 0 Å². The Bertz CT molecular complexity index is 259. The molecule has 74 valence electrons. The molecule has 13 heavy (non-hydrogen) atoms. The molecule has 1 aromatic heterocycles. The minimum atomic E-state index is -0.833. The maximum atomic E-state index is 9.60. The molecule has 0 saturated heterocycles. The second-order valence-corrected chi connectivity index (χ2v) is 3.07. The second-order valence-electron chi connectivity index (χ2n) is 3.07. The summed E-state index contributed by atoms with van der Waals surface area (Å²) in [6, 6.07) is 2.98. The van der Waals surface area contributed by atoms with E-state index in [4.69, 9.17) is 15.3 Å². The summed E-state index contributed by atoms with van der Waals surface area (Å²) in [6.45, 7) is 1.77. The van der Waals surface area contributed by atoms with Gasteiger partial charge in [0, 0.05) is 12.6 Å². The van der Waals surface area contributed by atoms with Crippen LogP contribution in [0.5, 0.6) is 0 Å². The molecule has 1 aromatic rings. The maximum absolute atomic E-state index is 9.60. The fourth-order valence-corrected chi connectivity index (χ4v) is 1.13. The third-order valence-corrected chi connectivity index (χ3v) is 1.92. The van der Waals surface area contributed by atoms with Gasteiger partial charge >= 0.3 is 0 Å². The summed E-state index contributed by atoms with van der Waals surface area (Å²) in [5, 5.41) is 18.2. The SMILES string of the molecule is Cc1ccc(C(O)C(N)CCO)o1. The van der Waals surface area contributed by atoms with Crippen LogP contribution in [0.4, 0.5) is 0 Å². The molecule has 0 aliphatic rings. The van der Waals surface area contributed by atoms with Crippen LogP contribution in [0, 0.1) is 6.92 Å². The summed E-state index contributed by atoms with van der Waals surface area (Å²) in [5.74, 6) is 1.20. The molecule has 0 bridgehead atoms. The lowest BCUT2D eigenvalue weighted by Crippen LogP contribution is -2.29. The molecule has 0 aliphatic heterocycles. The number of aliphatic hydroxyl groups is 2. The molecule has 4 nitrogen and oxygen atoms in total. The number of aryl methyl sites for hydroxylation is 1. The second kappa shape index (κ2) is 4.41. The molecule has 2 unspecified atom stereocenters. The zero-order valence-electron chi connectivity index (χ0n) is 7.60. The molecule has 0 fully saturated rings. The maximum Gasteiger partial charge on any atom is 0.134 e. The number of furan rings is 1. The van der Waals surface area contributed by atoms with Crippen molar-refractivity contribution >= 4 is 0 Å². The lowest BCUT2D eigenvalue weighted by molar-refractivity contribution is 0.106. The van der Waals surface area contributed by atoms with Crippen molar-refractivity contribution in [2.24, 2.45) is 5.73 Å². The fourth-order valence-electron chi connectivity index (χ4n) is 1.13. The summed E-state index contributed by atoms with van der Waals surface area (Å²) >= 11 is 0. The van der Waals surface area contributed by atoms with Gasteiger partial charge < -0.3 is 20.4 Å². The fraction of sp³-hybridized carbons (Fsp3) is 0.556. The van der Waals surface area contributed by atoms with Crippen molar-refractivity contribution in [2.45, 2.75) is 25.5 Å². The van der Waals surface area contributed by atoms with Crippen LogP contribution in [0.2, 0.25) is 0 Å². The van der Waals surface area contributed by atoms with Crippen LogP contribution in [-0.2, 0) is 0 Å². The Morgan fingerprint density at radius 3 is 2.69 bits per heavy atom. The van der Waals surface area contributed by atoms with Crippen molar-refractivity contribution in [3.05, 3.63) is 23.7 Å². The highest BCUT2D eigenvalue weighted by Crippen LogP contribution is 2.19. The van der Waals surface area contributed by atoms with E-state index in [-0.39, 0.29) is 6.61 Å². The van der Waals surface area contributed by atoms with Gasteiger partial charge in [0.1, 0.15) is 17.6 Å². The van der Waals surface area contributed by atoms with Crippen LogP contribution in [0.1, 0.15) is 24.0 Å². The van der Waals surface area contributed by atoms with Crippen LogP contribution < -0.4 is 5.73 Å². The van der Waals surface area contributed by atoms with Crippen molar-refractivity contribution in [2.75, 3.05) is 6.61 Å². The smallest absolute Gasteiger partial charge is 0.134 e. The molecule has 0 amide bonds. The predicted molar refractivity (Wildman–Crippen MR) is 48.1 cm³/mol.